The van der Waals surface area contributed by atoms with Crippen LogP contribution in [0.2, 0.25) is 0 Å². The van der Waals surface area contributed by atoms with Crippen molar-refractivity contribution in [3.8, 4) is 0 Å². The number of nitrogens with one attached hydrogen (secondary N) is 3. The second-order valence-corrected chi connectivity index (χ2v) is 7.63. The maximum atomic E-state index is 12.6. The third-order valence-electron chi connectivity index (χ3n) is 4.65. The van der Waals surface area contributed by atoms with E-state index in [9.17, 15) is 14.4 Å². The molecule has 0 aliphatic rings. The van der Waals surface area contributed by atoms with Gasteiger partial charge in [-0.15, -0.1) is 0 Å². The van der Waals surface area contributed by atoms with Gasteiger partial charge in [-0.25, -0.2) is 0 Å². The quantitative estimate of drug-likeness (QED) is 0.163. The van der Waals surface area contributed by atoms with Crippen molar-refractivity contribution in [3.05, 3.63) is 40.3 Å². The average Bonchev–Trinajstić information content (AvgIpc) is 2.74. The number of unbranched alkanes of at least 4 members (excludes halogenated alkanes) is 2. The van der Waals surface area contributed by atoms with E-state index < -0.39 is 18.0 Å². The molecule has 4 N–H and O–H groups in total. The molecule has 0 bridgehead atoms. The van der Waals surface area contributed by atoms with Crippen molar-refractivity contribution in [2.24, 2.45) is 11.0 Å². The maximum Gasteiger partial charge on any atom is 0.246 e. The fourth-order valence-corrected chi connectivity index (χ4v) is 2.78. The Morgan fingerprint density at radius 3 is 2.29 bits per heavy atom. The molecule has 0 fully saturated rings. The van der Waals surface area contributed by atoms with Crippen molar-refractivity contribution in [2.75, 3.05) is 11.9 Å². The van der Waals surface area contributed by atoms with Crippen LogP contribution < -0.4 is 16.0 Å². The van der Waals surface area contributed by atoms with Gasteiger partial charge < -0.3 is 21.1 Å². The van der Waals surface area contributed by atoms with Gasteiger partial charge in [-0.2, -0.15) is 0 Å². The monoisotopic (exact) mass is 432 g/mol. The predicted octanol–water partition coefficient (Wildman–Crippen LogP) is 2.63. The average molecular weight is 433 g/mol. The lowest BCUT2D eigenvalue weighted by atomic mass is 10.0. The molecular formula is C21H32N6O4. The molecule has 0 aromatic heterocycles. The molecule has 170 valence electrons. The Morgan fingerprint density at radius 1 is 1.03 bits per heavy atom. The highest BCUT2D eigenvalue weighted by Gasteiger charge is 2.26. The van der Waals surface area contributed by atoms with Gasteiger partial charge >= 0.3 is 0 Å². The molecule has 0 unspecified atom stereocenters. The van der Waals surface area contributed by atoms with Crippen LogP contribution in [0.25, 0.3) is 10.4 Å². The molecule has 0 aliphatic carbocycles. The minimum atomic E-state index is -0.802. The number of nitrogens with zero attached hydrogens (tertiary/aromatic N) is 3. The Morgan fingerprint density at radius 2 is 1.71 bits per heavy atom. The van der Waals surface area contributed by atoms with E-state index in [4.69, 9.17) is 10.6 Å². The molecule has 0 saturated heterocycles. The number of hydrogen-bond acceptors (Lipinski definition) is 5. The number of amides is 3. The van der Waals surface area contributed by atoms with Gasteiger partial charge in [0.1, 0.15) is 12.1 Å². The Hall–Kier alpha value is -3.10. The number of hydrogen-bond donors (Lipinski definition) is 4. The van der Waals surface area contributed by atoms with Crippen molar-refractivity contribution >= 4 is 23.4 Å². The van der Waals surface area contributed by atoms with Gasteiger partial charge in [0.2, 0.25) is 17.7 Å². The largest absolute Gasteiger partial charge is 0.392 e. The Kier molecular flexibility index (Phi) is 11.7. The smallest absolute Gasteiger partial charge is 0.246 e. The first-order valence-electron chi connectivity index (χ1n) is 10.4. The first-order valence-corrected chi connectivity index (χ1v) is 10.4. The summed E-state index contributed by atoms with van der Waals surface area (Å²) >= 11 is 0. The SMILES string of the molecule is CC(C)[C@H](NC(=O)CCCCCN=[N+]=[N-])C(=O)N[C@@H](C)C(=O)Nc1ccc(CO)cc1. The lowest BCUT2D eigenvalue weighted by Gasteiger charge is -2.24. The van der Waals surface area contributed by atoms with E-state index in [0.29, 0.717) is 25.1 Å². The summed E-state index contributed by atoms with van der Waals surface area (Å²) in [5, 5.41) is 20.6. The minimum absolute atomic E-state index is 0.0846. The molecule has 0 radical (unpaired) electrons. The van der Waals surface area contributed by atoms with Crippen LogP contribution in [0.3, 0.4) is 0 Å². The number of carbonyl (C=O) groups is 3. The lowest BCUT2D eigenvalue weighted by molar-refractivity contribution is -0.131. The van der Waals surface area contributed by atoms with E-state index in [1.807, 2.05) is 13.8 Å². The van der Waals surface area contributed by atoms with Crippen LogP contribution in [0, 0.1) is 5.92 Å². The standard InChI is InChI=1S/C21H32N6O4/c1-14(2)19(26-18(29)7-5-4-6-12-23-27-22)21(31)24-15(3)20(30)25-17-10-8-16(13-28)9-11-17/h8-11,14-15,19,28H,4-7,12-13H2,1-3H3,(H,24,31)(H,25,30)(H,26,29)/t15-,19-/m0/s1. The molecule has 10 heteroatoms. The van der Waals surface area contributed by atoms with E-state index >= 15 is 0 Å². The van der Waals surface area contributed by atoms with Gasteiger partial charge in [0.25, 0.3) is 0 Å². The molecule has 2 atom stereocenters. The van der Waals surface area contributed by atoms with Crippen LogP contribution in [-0.2, 0) is 21.0 Å². The summed E-state index contributed by atoms with van der Waals surface area (Å²) in [5.74, 6) is -1.21. The van der Waals surface area contributed by atoms with Crippen LogP contribution in [0.1, 0.15) is 52.0 Å². The lowest BCUT2D eigenvalue weighted by Crippen LogP contribution is -2.53. The second kappa shape index (κ2) is 14.0. The molecule has 1 rings (SSSR count). The third kappa shape index (κ3) is 9.97. The number of azide groups is 1. The van der Waals surface area contributed by atoms with Crippen LogP contribution >= 0.6 is 0 Å². The van der Waals surface area contributed by atoms with Crippen molar-refractivity contribution in [3.63, 3.8) is 0 Å². The third-order valence-corrected chi connectivity index (χ3v) is 4.65. The second-order valence-electron chi connectivity index (χ2n) is 7.63. The zero-order valence-electron chi connectivity index (χ0n) is 18.3. The van der Waals surface area contributed by atoms with Gasteiger partial charge in [-0.3, -0.25) is 14.4 Å². The van der Waals surface area contributed by atoms with Crippen molar-refractivity contribution in [1.82, 2.24) is 10.6 Å². The highest BCUT2D eigenvalue weighted by Crippen LogP contribution is 2.10. The van der Waals surface area contributed by atoms with Crippen molar-refractivity contribution < 1.29 is 19.5 Å². The summed E-state index contributed by atoms with van der Waals surface area (Å²) in [5.41, 5.74) is 9.51. The van der Waals surface area contributed by atoms with E-state index in [1.54, 1.807) is 31.2 Å². The zero-order valence-corrected chi connectivity index (χ0v) is 18.3. The summed E-state index contributed by atoms with van der Waals surface area (Å²) in [6.07, 6.45) is 2.36. The molecule has 10 nitrogen and oxygen atoms in total. The molecule has 0 aliphatic heterocycles. The first kappa shape index (κ1) is 25.9. The number of carbonyl (C=O) groups excluding carboxylic acids is 3. The van der Waals surface area contributed by atoms with E-state index in [0.717, 1.165) is 12.0 Å². The normalized spacial score (nSPS) is 12.4. The Balaban J connectivity index is 2.52. The van der Waals surface area contributed by atoms with Gasteiger partial charge in [-0.1, -0.05) is 37.5 Å². The number of rotatable bonds is 13. The molecule has 0 saturated carbocycles. The van der Waals surface area contributed by atoms with Gasteiger partial charge in [0.05, 0.1) is 6.61 Å². The molecule has 3 amide bonds. The number of aliphatic hydroxyl groups excluding tert-OH is 1. The fraction of sp³-hybridized carbons (Fsp3) is 0.571. The van der Waals surface area contributed by atoms with Crippen LogP contribution in [0.5, 0.6) is 0 Å². The highest BCUT2D eigenvalue weighted by atomic mass is 16.3. The Bertz CT molecular complexity index is 775. The zero-order chi connectivity index (χ0) is 23.2. The Labute approximate surface area is 182 Å². The van der Waals surface area contributed by atoms with Crippen LogP contribution in [-0.4, -0.2) is 41.5 Å². The van der Waals surface area contributed by atoms with Gasteiger partial charge in [0, 0.05) is 23.6 Å². The summed E-state index contributed by atoms with van der Waals surface area (Å²) in [7, 11) is 0. The molecule has 0 heterocycles. The van der Waals surface area contributed by atoms with Gasteiger partial charge in [0.15, 0.2) is 0 Å². The van der Waals surface area contributed by atoms with E-state index in [1.165, 1.54) is 0 Å². The highest BCUT2D eigenvalue weighted by molar-refractivity contribution is 5.98. The van der Waals surface area contributed by atoms with Crippen molar-refractivity contribution in [1.29, 1.82) is 0 Å². The summed E-state index contributed by atoms with van der Waals surface area (Å²) in [6, 6.07) is 5.17. The topological polar surface area (TPSA) is 156 Å². The van der Waals surface area contributed by atoms with E-state index in [-0.39, 0.29) is 30.8 Å². The maximum absolute atomic E-state index is 12.6. The number of anilines is 1. The van der Waals surface area contributed by atoms with Crippen molar-refractivity contribution in [2.45, 2.75) is 65.1 Å². The summed E-state index contributed by atoms with van der Waals surface area (Å²) in [4.78, 5) is 39.9. The fourth-order valence-electron chi connectivity index (χ4n) is 2.78. The molecular weight excluding hydrogens is 400 g/mol. The first-order chi connectivity index (χ1) is 14.8. The predicted molar refractivity (Wildman–Crippen MR) is 118 cm³/mol. The molecule has 0 spiro atoms. The van der Waals surface area contributed by atoms with Crippen LogP contribution in [0.15, 0.2) is 29.4 Å². The molecule has 31 heavy (non-hydrogen) atoms. The van der Waals surface area contributed by atoms with E-state index in [2.05, 4.69) is 26.0 Å². The molecule has 1 aromatic rings. The summed E-state index contributed by atoms with van der Waals surface area (Å²) < 4.78 is 0. The number of aliphatic hydroxyl groups is 1. The summed E-state index contributed by atoms with van der Waals surface area (Å²) in [6.45, 7) is 5.52. The van der Waals surface area contributed by atoms with Gasteiger partial charge in [-0.05, 0) is 48.9 Å². The number of benzene rings is 1. The van der Waals surface area contributed by atoms with Crippen LogP contribution in [0.4, 0.5) is 5.69 Å². The molecule has 1 aromatic carbocycles. The minimum Gasteiger partial charge on any atom is -0.392 e.